The standard InChI is InChI=1S/C15H16BrN3O/c1-2-4-12-7-10(8-14(17)18-12)15(20)19-13-6-3-5-11(16)9-13/h3,5-9H,2,4H2,1H3,(H2,17,18)(H,19,20). The SMILES string of the molecule is CCCc1cc(C(=O)Nc2cccc(Br)c2)cc(N)n1. The zero-order valence-electron chi connectivity index (χ0n) is 11.2. The maximum absolute atomic E-state index is 12.2. The fourth-order valence-electron chi connectivity index (χ4n) is 1.90. The number of hydrogen-bond acceptors (Lipinski definition) is 3. The van der Waals surface area contributed by atoms with Gasteiger partial charge in [0.05, 0.1) is 0 Å². The molecule has 0 spiro atoms. The van der Waals surface area contributed by atoms with Crippen molar-refractivity contribution in [3.05, 3.63) is 52.1 Å². The molecule has 2 aromatic rings. The molecule has 5 heteroatoms. The molecule has 3 N–H and O–H groups in total. The summed E-state index contributed by atoms with van der Waals surface area (Å²) in [7, 11) is 0. The molecule has 0 saturated heterocycles. The lowest BCUT2D eigenvalue weighted by Gasteiger charge is -2.08. The van der Waals surface area contributed by atoms with Gasteiger partial charge in [-0.25, -0.2) is 4.98 Å². The van der Waals surface area contributed by atoms with Gasteiger partial charge >= 0.3 is 0 Å². The molecular weight excluding hydrogens is 318 g/mol. The van der Waals surface area contributed by atoms with Crippen LogP contribution in [0, 0.1) is 0 Å². The molecule has 0 fully saturated rings. The third-order valence-electron chi connectivity index (χ3n) is 2.75. The van der Waals surface area contributed by atoms with E-state index < -0.39 is 0 Å². The van der Waals surface area contributed by atoms with Crippen molar-refractivity contribution in [3.8, 4) is 0 Å². The largest absolute Gasteiger partial charge is 0.384 e. The zero-order valence-corrected chi connectivity index (χ0v) is 12.8. The predicted octanol–water partition coefficient (Wildman–Crippen LogP) is 3.63. The van der Waals surface area contributed by atoms with E-state index in [-0.39, 0.29) is 5.91 Å². The smallest absolute Gasteiger partial charge is 0.255 e. The van der Waals surface area contributed by atoms with Gasteiger partial charge in [0.15, 0.2) is 0 Å². The third kappa shape index (κ3) is 3.81. The van der Waals surface area contributed by atoms with Gasteiger partial charge in [-0.15, -0.1) is 0 Å². The van der Waals surface area contributed by atoms with Crippen LogP contribution in [0.4, 0.5) is 11.5 Å². The molecule has 0 unspecified atom stereocenters. The number of anilines is 2. The summed E-state index contributed by atoms with van der Waals surface area (Å²) in [4.78, 5) is 16.4. The fourth-order valence-corrected chi connectivity index (χ4v) is 2.29. The lowest BCUT2D eigenvalue weighted by Crippen LogP contribution is -2.13. The Labute approximate surface area is 126 Å². The van der Waals surface area contributed by atoms with Gasteiger partial charge < -0.3 is 11.1 Å². The summed E-state index contributed by atoms with van der Waals surface area (Å²) in [5, 5.41) is 2.84. The first-order valence-corrected chi connectivity index (χ1v) is 7.21. The van der Waals surface area contributed by atoms with Crippen LogP contribution in [-0.4, -0.2) is 10.9 Å². The van der Waals surface area contributed by atoms with Gasteiger partial charge in [-0.05, 0) is 36.8 Å². The second kappa shape index (κ2) is 6.52. The topological polar surface area (TPSA) is 68.0 Å². The average molecular weight is 334 g/mol. The zero-order chi connectivity index (χ0) is 14.5. The Morgan fingerprint density at radius 1 is 1.35 bits per heavy atom. The fraction of sp³-hybridized carbons (Fsp3) is 0.200. The van der Waals surface area contributed by atoms with Gasteiger partial charge in [0, 0.05) is 21.4 Å². The van der Waals surface area contributed by atoms with E-state index in [0.717, 1.165) is 28.7 Å². The van der Waals surface area contributed by atoms with Crippen molar-refractivity contribution >= 4 is 33.3 Å². The molecule has 1 aromatic carbocycles. The lowest BCUT2D eigenvalue weighted by molar-refractivity contribution is 0.102. The number of nitrogens with two attached hydrogens (primary N) is 1. The minimum absolute atomic E-state index is 0.186. The number of nitrogens with zero attached hydrogens (tertiary/aromatic N) is 1. The number of hydrogen-bond donors (Lipinski definition) is 2. The lowest BCUT2D eigenvalue weighted by atomic mass is 10.1. The Bertz CT molecular complexity index is 628. The van der Waals surface area contributed by atoms with Gasteiger partial charge in [-0.3, -0.25) is 4.79 Å². The number of benzene rings is 1. The molecule has 0 saturated carbocycles. The molecular formula is C15H16BrN3O. The summed E-state index contributed by atoms with van der Waals surface area (Å²) >= 11 is 3.37. The van der Waals surface area contributed by atoms with E-state index in [1.54, 1.807) is 12.1 Å². The van der Waals surface area contributed by atoms with Crippen LogP contribution in [0.15, 0.2) is 40.9 Å². The highest BCUT2D eigenvalue weighted by atomic mass is 79.9. The Balaban J connectivity index is 2.20. The molecule has 104 valence electrons. The van der Waals surface area contributed by atoms with Crippen LogP contribution >= 0.6 is 15.9 Å². The van der Waals surface area contributed by atoms with Crippen LogP contribution in [0.1, 0.15) is 29.4 Å². The van der Waals surface area contributed by atoms with Crippen molar-refractivity contribution in [2.45, 2.75) is 19.8 Å². The maximum atomic E-state index is 12.2. The molecule has 0 atom stereocenters. The van der Waals surface area contributed by atoms with Gasteiger partial charge in [0.25, 0.3) is 5.91 Å². The Morgan fingerprint density at radius 3 is 2.85 bits per heavy atom. The van der Waals surface area contributed by atoms with Crippen molar-refractivity contribution in [1.82, 2.24) is 4.98 Å². The number of pyridine rings is 1. The molecule has 0 radical (unpaired) electrons. The minimum Gasteiger partial charge on any atom is -0.384 e. The highest BCUT2D eigenvalue weighted by Crippen LogP contribution is 2.17. The van der Waals surface area contributed by atoms with Crippen molar-refractivity contribution in [2.24, 2.45) is 0 Å². The first-order valence-electron chi connectivity index (χ1n) is 6.42. The molecule has 20 heavy (non-hydrogen) atoms. The van der Waals surface area contributed by atoms with Crippen LogP contribution in [-0.2, 0) is 6.42 Å². The molecule has 0 bridgehead atoms. The van der Waals surface area contributed by atoms with Crippen molar-refractivity contribution < 1.29 is 4.79 Å². The van der Waals surface area contributed by atoms with Crippen LogP contribution in [0.2, 0.25) is 0 Å². The van der Waals surface area contributed by atoms with E-state index in [2.05, 4.69) is 33.2 Å². The van der Waals surface area contributed by atoms with Crippen LogP contribution < -0.4 is 11.1 Å². The van der Waals surface area contributed by atoms with Gasteiger partial charge in [-0.1, -0.05) is 35.3 Å². The highest BCUT2D eigenvalue weighted by molar-refractivity contribution is 9.10. The minimum atomic E-state index is -0.186. The van der Waals surface area contributed by atoms with Crippen LogP contribution in [0.3, 0.4) is 0 Å². The highest BCUT2D eigenvalue weighted by Gasteiger charge is 2.09. The van der Waals surface area contributed by atoms with Gasteiger partial charge in [-0.2, -0.15) is 0 Å². The number of halogens is 1. The van der Waals surface area contributed by atoms with Crippen molar-refractivity contribution in [2.75, 3.05) is 11.1 Å². The number of carbonyl (C=O) groups is 1. The first kappa shape index (κ1) is 14.5. The van der Waals surface area contributed by atoms with Crippen LogP contribution in [0.5, 0.6) is 0 Å². The van der Waals surface area contributed by atoms with Crippen LogP contribution in [0.25, 0.3) is 0 Å². The van der Waals surface area contributed by atoms with E-state index >= 15 is 0 Å². The van der Waals surface area contributed by atoms with Gasteiger partial charge in [0.2, 0.25) is 0 Å². The number of rotatable bonds is 4. The number of aryl methyl sites for hydroxylation is 1. The second-order valence-corrected chi connectivity index (χ2v) is 5.40. The Morgan fingerprint density at radius 2 is 2.15 bits per heavy atom. The van der Waals surface area contributed by atoms with Crippen molar-refractivity contribution in [3.63, 3.8) is 0 Å². The Hall–Kier alpha value is -1.88. The molecule has 1 aromatic heterocycles. The molecule has 0 aliphatic heterocycles. The van der Waals surface area contributed by atoms with Crippen molar-refractivity contribution in [1.29, 1.82) is 0 Å². The predicted molar refractivity (Wildman–Crippen MR) is 84.7 cm³/mol. The summed E-state index contributed by atoms with van der Waals surface area (Å²) in [6.07, 6.45) is 1.77. The first-order chi connectivity index (χ1) is 9.58. The molecule has 0 aliphatic rings. The van der Waals surface area contributed by atoms with E-state index in [1.807, 2.05) is 24.3 Å². The molecule has 4 nitrogen and oxygen atoms in total. The van der Waals surface area contributed by atoms with E-state index in [0.29, 0.717) is 11.4 Å². The quantitative estimate of drug-likeness (QED) is 0.897. The monoisotopic (exact) mass is 333 g/mol. The average Bonchev–Trinajstić information content (AvgIpc) is 2.38. The normalized spacial score (nSPS) is 10.3. The number of nitrogen functional groups attached to an aromatic ring is 1. The number of aromatic nitrogens is 1. The van der Waals surface area contributed by atoms with Gasteiger partial charge in [0.1, 0.15) is 5.82 Å². The molecule has 1 heterocycles. The summed E-state index contributed by atoms with van der Waals surface area (Å²) in [6.45, 7) is 2.06. The molecule has 2 rings (SSSR count). The number of nitrogens with one attached hydrogen (secondary N) is 1. The summed E-state index contributed by atoms with van der Waals surface area (Å²) in [6, 6.07) is 10.8. The van der Waals surface area contributed by atoms with E-state index in [4.69, 9.17) is 5.73 Å². The third-order valence-corrected chi connectivity index (χ3v) is 3.24. The summed E-state index contributed by atoms with van der Waals surface area (Å²) in [5.41, 5.74) is 7.85. The summed E-state index contributed by atoms with van der Waals surface area (Å²) < 4.78 is 0.913. The number of amides is 1. The molecule has 0 aliphatic carbocycles. The summed E-state index contributed by atoms with van der Waals surface area (Å²) in [5.74, 6) is 0.185. The van der Waals surface area contributed by atoms with E-state index in [9.17, 15) is 4.79 Å². The molecule has 1 amide bonds. The number of carbonyl (C=O) groups excluding carboxylic acids is 1. The maximum Gasteiger partial charge on any atom is 0.255 e. The van der Waals surface area contributed by atoms with E-state index in [1.165, 1.54) is 0 Å². The second-order valence-electron chi connectivity index (χ2n) is 4.49. The Kier molecular flexibility index (Phi) is 4.74.